The monoisotopic (exact) mass is 436 g/mol. The summed E-state index contributed by atoms with van der Waals surface area (Å²) in [5.74, 6) is -1.51. The van der Waals surface area contributed by atoms with Crippen molar-refractivity contribution >= 4 is 23.1 Å². The first kappa shape index (κ1) is 19.1. The third-order valence-corrected chi connectivity index (χ3v) is 8.37. The summed E-state index contributed by atoms with van der Waals surface area (Å²) in [7, 11) is 0. The topological polar surface area (TPSA) is 88.5 Å². The van der Waals surface area contributed by atoms with Crippen molar-refractivity contribution in [2.45, 2.75) is 31.1 Å². The van der Waals surface area contributed by atoms with Crippen LogP contribution >= 0.6 is 0 Å². The Labute approximate surface area is 189 Å². The molecule has 5 heteroatoms. The fourth-order valence-corrected chi connectivity index (χ4v) is 6.85. The van der Waals surface area contributed by atoms with Crippen molar-refractivity contribution in [2.24, 2.45) is 11.8 Å². The van der Waals surface area contributed by atoms with Gasteiger partial charge in [0.05, 0.1) is 6.61 Å². The number of benzene rings is 2. The highest BCUT2D eigenvalue weighted by Gasteiger charge is 2.52. The fraction of sp³-hybridized carbons (Fsp3) is 0.286. The van der Waals surface area contributed by atoms with Crippen LogP contribution in [0.4, 0.5) is 0 Å². The van der Waals surface area contributed by atoms with Gasteiger partial charge in [0.2, 0.25) is 0 Å². The van der Waals surface area contributed by atoms with Crippen molar-refractivity contribution < 1.29 is 24.3 Å². The second-order valence-electron chi connectivity index (χ2n) is 9.80. The van der Waals surface area contributed by atoms with E-state index < -0.39 is 11.8 Å². The number of allylic oxidation sites excluding steroid dienone is 3. The molecule has 1 N–H and O–H groups in total. The third-order valence-electron chi connectivity index (χ3n) is 8.37. The predicted molar refractivity (Wildman–Crippen MR) is 119 cm³/mol. The zero-order chi connectivity index (χ0) is 22.6. The average Bonchev–Trinajstić information content (AvgIpc) is 3.42. The number of aliphatic hydroxyl groups excluding tert-OH is 1. The molecule has 0 saturated heterocycles. The number of aliphatic hydroxyl groups is 1. The Kier molecular flexibility index (Phi) is 3.66. The molecule has 162 valence electrons. The van der Waals surface area contributed by atoms with Gasteiger partial charge < -0.3 is 5.11 Å². The number of carbonyl (C=O) groups excluding carboxylic acids is 4. The lowest BCUT2D eigenvalue weighted by Gasteiger charge is -2.35. The first-order chi connectivity index (χ1) is 16.0. The molecule has 0 radical (unpaired) electrons. The molecule has 0 aromatic heterocycles. The Morgan fingerprint density at radius 1 is 0.758 bits per heavy atom. The number of carbonyl (C=O) groups is 4. The Bertz CT molecular complexity index is 1420. The van der Waals surface area contributed by atoms with Crippen LogP contribution in [0.2, 0.25) is 0 Å². The number of rotatable bonds is 1. The highest BCUT2D eigenvalue weighted by atomic mass is 16.3. The van der Waals surface area contributed by atoms with Crippen molar-refractivity contribution in [2.75, 3.05) is 6.61 Å². The van der Waals surface area contributed by atoms with Gasteiger partial charge in [0.25, 0.3) is 0 Å². The van der Waals surface area contributed by atoms with Crippen molar-refractivity contribution in [1.82, 2.24) is 0 Å². The standard InChI is InChI=1S/C28H20O5/c29-11-12-5-6-15-20(7-12)26(31)22-9-17-16(8-21(22)25(15)30)18-10-19(17)24-23(18)27(32)13-3-1-2-4-14(13)28(24)33/h1-5,8-9,15,18-20,29H,6-7,10-11H2/t15?,18-,19+,20?/m1/s1. The summed E-state index contributed by atoms with van der Waals surface area (Å²) in [6, 6.07) is 10.6. The second-order valence-corrected chi connectivity index (χ2v) is 9.80. The maximum absolute atomic E-state index is 13.4. The van der Waals surface area contributed by atoms with E-state index in [-0.39, 0.29) is 41.6 Å². The van der Waals surface area contributed by atoms with Crippen molar-refractivity contribution in [1.29, 1.82) is 0 Å². The van der Waals surface area contributed by atoms with Crippen LogP contribution in [-0.2, 0) is 0 Å². The number of ketones is 4. The van der Waals surface area contributed by atoms with Gasteiger partial charge in [-0.1, -0.05) is 30.3 Å². The molecule has 0 spiro atoms. The Hall–Kier alpha value is -3.44. The van der Waals surface area contributed by atoms with Crippen LogP contribution in [-0.4, -0.2) is 34.8 Å². The van der Waals surface area contributed by atoms with Gasteiger partial charge in [0.15, 0.2) is 23.1 Å². The van der Waals surface area contributed by atoms with E-state index in [1.165, 1.54) is 0 Å². The molecule has 2 unspecified atom stereocenters. The number of Topliss-reactive ketones (excluding diaryl/α,β-unsaturated/α-hetero) is 4. The lowest BCUT2D eigenvalue weighted by Crippen LogP contribution is -2.39. The molecule has 2 aromatic carbocycles. The van der Waals surface area contributed by atoms with E-state index in [4.69, 9.17) is 0 Å². The summed E-state index contributed by atoms with van der Waals surface area (Å²) in [6.07, 6.45) is 3.40. The average molecular weight is 436 g/mol. The van der Waals surface area contributed by atoms with E-state index in [0.29, 0.717) is 52.7 Å². The first-order valence-electron chi connectivity index (χ1n) is 11.5. The lowest BCUT2D eigenvalue weighted by atomic mass is 9.66. The second kappa shape index (κ2) is 6.33. The molecule has 5 nitrogen and oxygen atoms in total. The Morgan fingerprint density at radius 3 is 1.85 bits per heavy atom. The molecule has 7 rings (SSSR count). The van der Waals surface area contributed by atoms with Gasteiger partial charge in [-0.05, 0) is 48.1 Å². The fourth-order valence-electron chi connectivity index (χ4n) is 6.85. The van der Waals surface area contributed by atoms with Crippen molar-refractivity contribution in [3.8, 4) is 0 Å². The smallest absolute Gasteiger partial charge is 0.190 e. The van der Waals surface area contributed by atoms with Gasteiger partial charge in [-0.2, -0.15) is 0 Å². The van der Waals surface area contributed by atoms with E-state index >= 15 is 0 Å². The molecule has 0 saturated carbocycles. The van der Waals surface area contributed by atoms with Gasteiger partial charge in [-0.3, -0.25) is 19.2 Å². The summed E-state index contributed by atoms with van der Waals surface area (Å²) >= 11 is 0. The number of hydrogen-bond acceptors (Lipinski definition) is 5. The highest BCUT2D eigenvalue weighted by molar-refractivity contribution is 6.29. The highest BCUT2D eigenvalue weighted by Crippen LogP contribution is 2.60. The molecule has 0 fully saturated rings. The van der Waals surface area contributed by atoms with Crippen molar-refractivity contribution in [3.05, 3.63) is 92.6 Å². The van der Waals surface area contributed by atoms with E-state index in [1.54, 1.807) is 24.3 Å². The molecule has 2 aromatic rings. The molecule has 0 aliphatic heterocycles. The summed E-state index contributed by atoms with van der Waals surface area (Å²) in [6.45, 7) is -0.0972. The van der Waals surface area contributed by atoms with Crippen LogP contribution in [0, 0.1) is 11.8 Å². The molecule has 5 aliphatic carbocycles. The molecule has 4 atom stereocenters. The number of hydrogen-bond donors (Lipinski definition) is 1. The van der Waals surface area contributed by atoms with Gasteiger partial charge in [-0.15, -0.1) is 0 Å². The van der Waals surface area contributed by atoms with Gasteiger partial charge >= 0.3 is 0 Å². The largest absolute Gasteiger partial charge is 0.392 e. The van der Waals surface area contributed by atoms with Crippen LogP contribution in [0.25, 0.3) is 0 Å². The quantitative estimate of drug-likeness (QED) is 0.684. The molecule has 0 amide bonds. The Balaban J connectivity index is 1.36. The minimum absolute atomic E-state index is 0.0287. The molecular formula is C28H20O5. The summed E-state index contributed by atoms with van der Waals surface area (Å²) in [5, 5.41) is 9.52. The van der Waals surface area contributed by atoms with Gasteiger partial charge in [0, 0.05) is 57.1 Å². The van der Waals surface area contributed by atoms with Gasteiger partial charge in [-0.25, -0.2) is 0 Å². The van der Waals surface area contributed by atoms with E-state index in [2.05, 4.69) is 0 Å². The molecule has 5 aliphatic rings. The van der Waals surface area contributed by atoms with E-state index in [1.807, 2.05) is 18.2 Å². The summed E-state index contributed by atoms with van der Waals surface area (Å²) < 4.78 is 0. The molecular weight excluding hydrogens is 416 g/mol. The van der Waals surface area contributed by atoms with Crippen LogP contribution in [0.1, 0.15) is 83.7 Å². The van der Waals surface area contributed by atoms with Crippen LogP contribution in [0.5, 0.6) is 0 Å². The maximum Gasteiger partial charge on any atom is 0.190 e. The zero-order valence-corrected chi connectivity index (χ0v) is 17.8. The van der Waals surface area contributed by atoms with Crippen molar-refractivity contribution in [3.63, 3.8) is 0 Å². The summed E-state index contributed by atoms with van der Waals surface area (Å²) in [5.41, 5.74) is 5.58. The third kappa shape index (κ3) is 2.25. The Morgan fingerprint density at radius 2 is 1.30 bits per heavy atom. The van der Waals surface area contributed by atoms with Gasteiger partial charge in [0.1, 0.15) is 0 Å². The van der Waals surface area contributed by atoms with Crippen LogP contribution in [0.3, 0.4) is 0 Å². The first-order valence-corrected chi connectivity index (χ1v) is 11.5. The molecule has 2 bridgehead atoms. The SMILES string of the molecule is O=C1C2=C(C(=O)c3ccccc31)[C@@H]1C[C@H]2c2cc3c(cc21)C(=O)C1CC=C(CO)CC1C3=O. The minimum Gasteiger partial charge on any atom is -0.392 e. The normalized spacial score (nSPS) is 28.8. The molecule has 33 heavy (non-hydrogen) atoms. The van der Waals surface area contributed by atoms with E-state index in [9.17, 15) is 24.3 Å². The number of fused-ring (bicyclic) bond motifs is 10. The lowest BCUT2D eigenvalue weighted by molar-refractivity contribution is 0.0721. The van der Waals surface area contributed by atoms with Crippen LogP contribution in [0.15, 0.2) is 59.2 Å². The van der Waals surface area contributed by atoms with Crippen LogP contribution < -0.4 is 0 Å². The predicted octanol–water partition coefficient (Wildman–Crippen LogP) is 3.97. The van der Waals surface area contributed by atoms with E-state index in [0.717, 1.165) is 16.7 Å². The maximum atomic E-state index is 13.4. The molecule has 0 heterocycles. The zero-order valence-electron chi connectivity index (χ0n) is 17.8. The minimum atomic E-state index is -0.437. The summed E-state index contributed by atoms with van der Waals surface area (Å²) in [4.78, 5) is 53.5.